The van der Waals surface area contributed by atoms with Gasteiger partial charge in [-0.3, -0.25) is 0 Å². The molecule has 2 aromatic heterocycles. The molecule has 0 aliphatic carbocycles. The van der Waals surface area contributed by atoms with Crippen LogP contribution in [0.3, 0.4) is 0 Å². The molecule has 32 heavy (non-hydrogen) atoms. The van der Waals surface area contributed by atoms with E-state index < -0.39 is 12.1 Å². The number of carbonyl (C=O) groups excluding carboxylic acids is 1. The highest BCUT2D eigenvalue weighted by atomic mass is 32.1. The van der Waals surface area contributed by atoms with Crippen molar-refractivity contribution in [2.24, 2.45) is 4.99 Å². The number of rotatable bonds is 3. The van der Waals surface area contributed by atoms with Crippen LogP contribution in [0.25, 0.3) is 22.2 Å². The van der Waals surface area contributed by atoms with Gasteiger partial charge in [-0.2, -0.15) is 5.26 Å². The van der Waals surface area contributed by atoms with E-state index in [-0.39, 0.29) is 11.7 Å². The van der Waals surface area contributed by atoms with Crippen LogP contribution < -0.4 is 5.32 Å². The number of amides is 2. The van der Waals surface area contributed by atoms with Crippen molar-refractivity contribution in [3.63, 3.8) is 0 Å². The molecule has 156 valence electrons. The fraction of sp³-hybridized carbons (Fsp3) is 0.125. The summed E-state index contributed by atoms with van der Waals surface area (Å²) in [5, 5.41) is 25.7. The van der Waals surface area contributed by atoms with Crippen LogP contribution in [0.1, 0.15) is 35.1 Å². The molecule has 0 saturated heterocycles. The van der Waals surface area contributed by atoms with Gasteiger partial charge in [-0.25, -0.2) is 19.8 Å². The van der Waals surface area contributed by atoms with E-state index in [0.717, 1.165) is 21.7 Å². The predicted molar refractivity (Wildman–Crippen MR) is 123 cm³/mol. The summed E-state index contributed by atoms with van der Waals surface area (Å²) in [4.78, 5) is 25.8. The van der Waals surface area contributed by atoms with Crippen LogP contribution in [0.15, 0.2) is 65.0 Å². The fourth-order valence-electron chi connectivity index (χ4n) is 3.88. The van der Waals surface area contributed by atoms with Crippen molar-refractivity contribution in [1.29, 1.82) is 5.26 Å². The molecule has 0 saturated carbocycles. The van der Waals surface area contributed by atoms with Gasteiger partial charge in [0, 0.05) is 22.0 Å². The van der Waals surface area contributed by atoms with Gasteiger partial charge in [0.15, 0.2) is 0 Å². The van der Waals surface area contributed by atoms with Crippen LogP contribution in [0.5, 0.6) is 5.75 Å². The maximum Gasteiger partial charge on any atom is 0.341 e. The molecule has 2 aromatic carbocycles. The van der Waals surface area contributed by atoms with Crippen LogP contribution in [-0.2, 0) is 0 Å². The van der Waals surface area contributed by atoms with Crippen molar-refractivity contribution in [2.75, 3.05) is 0 Å². The Morgan fingerprint density at radius 2 is 1.91 bits per heavy atom. The summed E-state index contributed by atoms with van der Waals surface area (Å²) >= 11 is 1.49. The van der Waals surface area contributed by atoms with Crippen LogP contribution in [0.2, 0.25) is 0 Å². The Labute approximate surface area is 187 Å². The number of aromatic nitrogens is 2. The zero-order chi connectivity index (χ0) is 22.2. The van der Waals surface area contributed by atoms with E-state index in [9.17, 15) is 9.90 Å². The molecule has 2 atom stereocenters. The Morgan fingerprint density at radius 1 is 1.09 bits per heavy atom. The van der Waals surface area contributed by atoms with E-state index in [0.29, 0.717) is 22.5 Å². The minimum atomic E-state index is -0.469. The standard InChI is InChI=1S/C24H17N5O2S/c1-13-20(23-28-18(12-32-23)15-7-5-14(11-25)6-8-15)22(29-24(31)26-13)17-10-9-16-3-2-4-19(30)21(16)27-17/h2-10,12,20,22,30H,1H3,(H,29,31). The minimum absolute atomic E-state index is 0.0887. The Hall–Kier alpha value is -4.09. The number of hydrogen-bond donors (Lipinski definition) is 2. The number of urea groups is 1. The number of aliphatic imine (C=N–C) groups is 1. The highest BCUT2D eigenvalue weighted by molar-refractivity contribution is 7.10. The molecule has 4 aromatic rings. The second kappa shape index (κ2) is 7.87. The number of aromatic hydroxyl groups is 1. The van der Waals surface area contributed by atoms with Crippen molar-refractivity contribution in [3.05, 3.63) is 76.2 Å². The third-order valence-corrected chi connectivity index (χ3v) is 6.41. The highest BCUT2D eigenvalue weighted by Gasteiger charge is 2.36. The maximum absolute atomic E-state index is 12.2. The fourth-order valence-corrected chi connectivity index (χ4v) is 4.91. The van der Waals surface area contributed by atoms with Crippen LogP contribution in [0, 0.1) is 11.3 Å². The van der Waals surface area contributed by atoms with Gasteiger partial charge < -0.3 is 10.4 Å². The minimum Gasteiger partial charge on any atom is -0.506 e. The normalized spacial score (nSPS) is 18.1. The van der Waals surface area contributed by atoms with Gasteiger partial charge in [-0.05, 0) is 31.2 Å². The number of thiazole rings is 1. The Balaban J connectivity index is 1.56. The lowest BCUT2D eigenvalue weighted by molar-refractivity contribution is 0.242. The second-order valence-corrected chi connectivity index (χ2v) is 8.39. The van der Waals surface area contributed by atoms with E-state index in [1.54, 1.807) is 24.3 Å². The first-order valence-corrected chi connectivity index (χ1v) is 10.8. The van der Waals surface area contributed by atoms with Gasteiger partial charge in [0.1, 0.15) is 16.3 Å². The molecule has 2 amide bonds. The van der Waals surface area contributed by atoms with Gasteiger partial charge >= 0.3 is 6.03 Å². The lowest BCUT2D eigenvalue weighted by atomic mass is 9.91. The van der Waals surface area contributed by atoms with Crippen molar-refractivity contribution >= 4 is 34.0 Å². The molecule has 7 nitrogen and oxygen atoms in total. The van der Waals surface area contributed by atoms with Crippen molar-refractivity contribution in [1.82, 2.24) is 15.3 Å². The SMILES string of the molecule is CC1=NC(=O)NC(c2ccc3cccc(O)c3n2)C1c1nc(-c2ccc(C#N)cc2)cs1. The summed E-state index contributed by atoms with van der Waals surface area (Å²) in [5.41, 5.74) is 4.05. The first-order chi connectivity index (χ1) is 15.5. The largest absolute Gasteiger partial charge is 0.506 e. The number of nitrogens with zero attached hydrogens (tertiary/aromatic N) is 4. The number of benzene rings is 2. The quantitative estimate of drug-likeness (QED) is 0.469. The molecule has 2 N–H and O–H groups in total. The van der Waals surface area contributed by atoms with E-state index in [1.165, 1.54) is 11.3 Å². The number of para-hydroxylation sites is 1. The molecule has 0 radical (unpaired) electrons. The van der Waals surface area contributed by atoms with Gasteiger partial charge in [-0.1, -0.05) is 30.3 Å². The summed E-state index contributed by atoms with van der Waals surface area (Å²) in [7, 11) is 0. The number of nitrogens with one attached hydrogen (secondary N) is 1. The van der Waals surface area contributed by atoms with Crippen molar-refractivity contribution in [2.45, 2.75) is 18.9 Å². The monoisotopic (exact) mass is 439 g/mol. The summed E-state index contributed by atoms with van der Waals surface area (Å²) in [6.07, 6.45) is 0. The van der Waals surface area contributed by atoms with Crippen LogP contribution >= 0.6 is 11.3 Å². The number of hydrogen-bond acceptors (Lipinski definition) is 6. The lowest BCUT2D eigenvalue weighted by Crippen LogP contribution is -2.39. The van der Waals surface area contributed by atoms with Crippen LogP contribution in [-0.4, -0.2) is 26.8 Å². The smallest absolute Gasteiger partial charge is 0.341 e. The first-order valence-electron chi connectivity index (χ1n) is 9.94. The van der Waals surface area contributed by atoms with E-state index in [2.05, 4.69) is 21.4 Å². The average molecular weight is 440 g/mol. The zero-order valence-corrected chi connectivity index (χ0v) is 17.8. The molecule has 2 unspecified atom stereocenters. The third-order valence-electron chi connectivity index (χ3n) is 5.48. The van der Waals surface area contributed by atoms with Crippen molar-refractivity contribution in [3.8, 4) is 23.1 Å². The molecular weight excluding hydrogens is 422 g/mol. The molecule has 0 fully saturated rings. The summed E-state index contributed by atoms with van der Waals surface area (Å²) in [6.45, 7) is 1.82. The lowest BCUT2D eigenvalue weighted by Gasteiger charge is -2.29. The van der Waals surface area contributed by atoms with E-state index in [4.69, 9.17) is 10.2 Å². The number of fused-ring (bicyclic) bond motifs is 1. The topological polar surface area (TPSA) is 111 Å². The van der Waals surface area contributed by atoms with Gasteiger partial charge in [-0.15, -0.1) is 11.3 Å². The molecule has 1 aliphatic rings. The second-order valence-electron chi connectivity index (χ2n) is 7.50. The first kappa shape index (κ1) is 19.8. The summed E-state index contributed by atoms with van der Waals surface area (Å²) in [5.74, 6) is -0.202. The number of phenolic OH excluding ortho intramolecular Hbond substituents is 1. The molecule has 0 spiro atoms. The summed E-state index contributed by atoms with van der Waals surface area (Å²) in [6, 6.07) is 17.4. The number of carbonyl (C=O) groups is 1. The number of nitriles is 1. The molecule has 5 rings (SSSR count). The van der Waals surface area contributed by atoms with Gasteiger partial charge in [0.05, 0.1) is 35.0 Å². The van der Waals surface area contributed by atoms with Gasteiger partial charge in [0.25, 0.3) is 0 Å². The third kappa shape index (κ3) is 3.49. The maximum atomic E-state index is 12.2. The molecule has 0 bridgehead atoms. The zero-order valence-electron chi connectivity index (χ0n) is 17.0. The van der Waals surface area contributed by atoms with Crippen molar-refractivity contribution < 1.29 is 9.90 Å². The predicted octanol–water partition coefficient (Wildman–Crippen LogP) is 4.94. The molecule has 1 aliphatic heterocycles. The Kier molecular flexibility index (Phi) is 4.88. The van der Waals surface area contributed by atoms with Gasteiger partial charge in [0.2, 0.25) is 0 Å². The van der Waals surface area contributed by atoms with Crippen LogP contribution in [0.4, 0.5) is 4.79 Å². The van der Waals surface area contributed by atoms with E-state index in [1.807, 2.05) is 42.6 Å². The number of phenols is 1. The molecule has 3 heterocycles. The summed E-state index contributed by atoms with van der Waals surface area (Å²) < 4.78 is 0. The highest BCUT2D eigenvalue weighted by Crippen LogP contribution is 2.38. The Morgan fingerprint density at radius 3 is 2.69 bits per heavy atom. The molecule has 8 heteroatoms. The molecular formula is C24H17N5O2S. The van der Waals surface area contributed by atoms with E-state index >= 15 is 0 Å². The average Bonchev–Trinajstić information content (AvgIpc) is 3.28. The Bertz CT molecular complexity index is 1420. The number of pyridine rings is 1.